The molecule has 0 spiro atoms. The number of fused-ring (bicyclic) bond motifs is 1. The molecule has 0 saturated heterocycles. The van der Waals surface area contributed by atoms with Gasteiger partial charge in [0.1, 0.15) is 17.6 Å². The summed E-state index contributed by atoms with van der Waals surface area (Å²) in [7, 11) is 2.72. The van der Waals surface area contributed by atoms with Crippen molar-refractivity contribution in [3.05, 3.63) is 23.3 Å². The van der Waals surface area contributed by atoms with Gasteiger partial charge in [0, 0.05) is 17.5 Å². The van der Waals surface area contributed by atoms with Crippen molar-refractivity contribution in [3.63, 3.8) is 0 Å². The van der Waals surface area contributed by atoms with E-state index >= 15 is 0 Å². The van der Waals surface area contributed by atoms with E-state index in [2.05, 4.69) is 4.74 Å². The summed E-state index contributed by atoms with van der Waals surface area (Å²) < 4.78 is 15.3. The van der Waals surface area contributed by atoms with Crippen LogP contribution in [0.1, 0.15) is 24.2 Å². The Morgan fingerprint density at radius 1 is 1.50 bits per heavy atom. The molecule has 1 heterocycles. The van der Waals surface area contributed by atoms with Gasteiger partial charge in [0.05, 0.1) is 14.2 Å². The molecular formula is C13H16O5. The van der Waals surface area contributed by atoms with E-state index in [0.29, 0.717) is 17.1 Å². The minimum atomic E-state index is -1.37. The molecule has 2 unspecified atom stereocenters. The Hall–Kier alpha value is -1.75. The molecule has 1 aromatic rings. The molecule has 0 fully saturated rings. The Balaban J connectivity index is 2.41. The third-order valence-electron chi connectivity index (χ3n) is 2.97. The number of rotatable bonds is 3. The largest absolute Gasteiger partial charge is 0.496 e. The zero-order valence-electron chi connectivity index (χ0n) is 10.6. The van der Waals surface area contributed by atoms with Crippen molar-refractivity contribution in [2.24, 2.45) is 0 Å². The van der Waals surface area contributed by atoms with Crippen LogP contribution in [0.25, 0.3) is 0 Å². The molecule has 0 radical (unpaired) electrons. The molecule has 0 aliphatic carbocycles. The van der Waals surface area contributed by atoms with Crippen LogP contribution < -0.4 is 9.47 Å². The summed E-state index contributed by atoms with van der Waals surface area (Å²) in [6.45, 7) is 1.96. The molecule has 2 atom stereocenters. The molecule has 0 amide bonds. The van der Waals surface area contributed by atoms with Crippen LogP contribution >= 0.6 is 0 Å². The van der Waals surface area contributed by atoms with Crippen LogP contribution in [-0.4, -0.2) is 31.4 Å². The van der Waals surface area contributed by atoms with Crippen molar-refractivity contribution in [2.75, 3.05) is 14.2 Å². The predicted octanol–water partition coefficient (Wildman–Crippen LogP) is 1.22. The second-order valence-corrected chi connectivity index (χ2v) is 4.26. The average molecular weight is 252 g/mol. The monoisotopic (exact) mass is 252 g/mol. The van der Waals surface area contributed by atoms with Crippen molar-refractivity contribution in [1.82, 2.24) is 0 Å². The number of carbonyl (C=O) groups is 1. The van der Waals surface area contributed by atoms with Gasteiger partial charge in [0.15, 0.2) is 6.10 Å². The van der Waals surface area contributed by atoms with Gasteiger partial charge < -0.3 is 19.3 Å². The summed E-state index contributed by atoms with van der Waals surface area (Å²) in [5.74, 6) is 0.421. The van der Waals surface area contributed by atoms with E-state index in [-0.39, 0.29) is 6.10 Å². The molecule has 18 heavy (non-hydrogen) atoms. The van der Waals surface area contributed by atoms with Crippen LogP contribution in [0, 0.1) is 0 Å². The lowest BCUT2D eigenvalue weighted by atomic mass is 10.0. The fourth-order valence-corrected chi connectivity index (χ4v) is 2.08. The average Bonchev–Trinajstić information content (AvgIpc) is 2.74. The second-order valence-electron chi connectivity index (χ2n) is 4.26. The van der Waals surface area contributed by atoms with Crippen molar-refractivity contribution >= 4 is 5.97 Å². The lowest BCUT2D eigenvalue weighted by molar-refractivity contribution is -0.150. The third-order valence-corrected chi connectivity index (χ3v) is 2.97. The molecule has 0 saturated carbocycles. The number of benzene rings is 1. The minimum absolute atomic E-state index is 0.0928. The van der Waals surface area contributed by atoms with Crippen LogP contribution in [0.4, 0.5) is 0 Å². The molecule has 98 valence electrons. The van der Waals surface area contributed by atoms with E-state index < -0.39 is 12.1 Å². The maximum Gasteiger partial charge on any atom is 0.339 e. The van der Waals surface area contributed by atoms with Gasteiger partial charge in [-0.3, -0.25) is 0 Å². The van der Waals surface area contributed by atoms with Crippen LogP contribution in [0.15, 0.2) is 12.1 Å². The number of carbonyl (C=O) groups excluding carboxylic acids is 1. The summed E-state index contributed by atoms with van der Waals surface area (Å²) in [5, 5.41) is 9.89. The maximum absolute atomic E-state index is 11.4. The lowest BCUT2D eigenvalue weighted by Gasteiger charge is -2.14. The first kappa shape index (κ1) is 12.7. The van der Waals surface area contributed by atoms with Gasteiger partial charge in [0.25, 0.3) is 0 Å². The van der Waals surface area contributed by atoms with Gasteiger partial charge in [-0.25, -0.2) is 4.79 Å². The summed E-state index contributed by atoms with van der Waals surface area (Å²) in [5.41, 5.74) is 1.37. The molecule has 1 N–H and O–H groups in total. The molecule has 2 rings (SSSR count). The summed E-state index contributed by atoms with van der Waals surface area (Å²) in [6, 6.07) is 3.43. The van der Waals surface area contributed by atoms with Gasteiger partial charge in [-0.2, -0.15) is 0 Å². The first-order valence-electron chi connectivity index (χ1n) is 5.70. The predicted molar refractivity (Wildman–Crippen MR) is 63.8 cm³/mol. The standard InChI is InChI=1S/C13H16O5/c1-7-4-8-5-11(16-2)9(6-10(8)18-7)12(14)13(15)17-3/h5-7,12,14H,4H2,1-3H3. The molecule has 0 bridgehead atoms. The summed E-state index contributed by atoms with van der Waals surface area (Å²) in [4.78, 5) is 11.4. The molecule has 5 nitrogen and oxygen atoms in total. The number of aliphatic hydroxyl groups is 1. The Morgan fingerprint density at radius 2 is 2.22 bits per heavy atom. The quantitative estimate of drug-likeness (QED) is 0.819. The van der Waals surface area contributed by atoms with Crippen molar-refractivity contribution in [2.45, 2.75) is 25.6 Å². The normalized spacial score (nSPS) is 18.8. The highest BCUT2D eigenvalue weighted by Crippen LogP contribution is 2.37. The topological polar surface area (TPSA) is 65.0 Å². The highest BCUT2D eigenvalue weighted by atomic mass is 16.5. The van der Waals surface area contributed by atoms with Crippen molar-refractivity contribution in [1.29, 1.82) is 0 Å². The number of hydrogen-bond donors (Lipinski definition) is 1. The highest BCUT2D eigenvalue weighted by molar-refractivity contribution is 5.77. The Labute approximate surface area is 105 Å². The number of ether oxygens (including phenoxy) is 3. The zero-order chi connectivity index (χ0) is 13.3. The molecule has 1 aliphatic heterocycles. The van der Waals surface area contributed by atoms with Gasteiger partial charge in [-0.05, 0) is 19.1 Å². The van der Waals surface area contributed by atoms with E-state index in [0.717, 1.165) is 12.0 Å². The van der Waals surface area contributed by atoms with Crippen molar-refractivity contribution < 1.29 is 24.1 Å². The van der Waals surface area contributed by atoms with E-state index in [4.69, 9.17) is 9.47 Å². The van der Waals surface area contributed by atoms with Crippen LogP contribution in [-0.2, 0) is 16.0 Å². The van der Waals surface area contributed by atoms with Crippen molar-refractivity contribution in [3.8, 4) is 11.5 Å². The van der Waals surface area contributed by atoms with Crippen LogP contribution in [0.3, 0.4) is 0 Å². The van der Waals surface area contributed by atoms with Gasteiger partial charge in [-0.15, -0.1) is 0 Å². The number of esters is 1. The molecule has 1 aromatic carbocycles. The van der Waals surface area contributed by atoms with Gasteiger partial charge in [0.2, 0.25) is 0 Å². The zero-order valence-corrected chi connectivity index (χ0v) is 10.6. The summed E-state index contributed by atoms with van der Waals surface area (Å²) >= 11 is 0. The van der Waals surface area contributed by atoms with Gasteiger partial charge >= 0.3 is 5.97 Å². The SMILES string of the molecule is COC(=O)C(O)c1cc2c(cc1OC)CC(C)O2. The maximum atomic E-state index is 11.4. The first-order chi connectivity index (χ1) is 8.56. The second kappa shape index (κ2) is 4.86. The minimum Gasteiger partial charge on any atom is -0.496 e. The molecule has 5 heteroatoms. The molecular weight excluding hydrogens is 236 g/mol. The summed E-state index contributed by atoms with van der Waals surface area (Å²) in [6.07, 6.45) is -0.481. The fourth-order valence-electron chi connectivity index (χ4n) is 2.08. The number of hydrogen-bond acceptors (Lipinski definition) is 5. The Morgan fingerprint density at radius 3 is 2.83 bits per heavy atom. The van der Waals surface area contributed by atoms with Crippen LogP contribution in [0.5, 0.6) is 11.5 Å². The Kier molecular flexibility index (Phi) is 3.43. The fraction of sp³-hybridized carbons (Fsp3) is 0.462. The third kappa shape index (κ3) is 2.13. The lowest BCUT2D eigenvalue weighted by Crippen LogP contribution is -2.14. The van der Waals surface area contributed by atoms with E-state index in [1.807, 2.05) is 6.92 Å². The van der Waals surface area contributed by atoms with E-state index in [1.165, 1.54) is 14.2 Å². The number of methoxy groups -OCH3 is 2. The van der Waals surface area contributed by atoms with Crippen LogP contribution in [0.2, 0.25) is 0 Å². The van der Waals surface area contributed by atoms with E-state index in [9.17, 15) is 9.90 Å². The number of aliphatic hydroxyl groups excluding tert-OH is 1. The highest BCUT2D eigenvalue weighted by Gasteiger charge is 2.27. The van der Waals surface area contributed by atoms with Gasteiger partial charge in [-0.1, -0.05) is 0 Å². The molecule has 1 aliphatic rings. The Bertz CT molecular complexity index is 469. The smallest absolute Gasteiger partial charge is 0.339 e. The van der Waals surface area contributed by atoms with E-state index in [1.54, 1.807) is 12.1 Å². The molecule has 0 aromatic heterocycles. The first-order valence-corrected chi connectivity index (χ1v) is 5.70.